The molecule has 3 N–H and O–H groups in total. The topological polar surface area (TPSA) is 131 Å². The number of nitrogens with zero attached hydrogens (tertiary/aromatic N) is 4. The van der Waals surface area contributed by atoms with E-state index in [1.807, 2.05) is 6.92 Å². The molecule has 1 aromatic heterocycles. The number of anilines is 1. The molecule has 0 spiro atoms. The molecule has 27 heavy (non-hydrogen) atoms. The zero-order chi connectivity index (χ0) is 20.4. The Kier molecular flexibility index (Phi) is 8.40. The van der Waals surface area contributed by atoms with Crippen LogP contribution in [0.4, 0.5) is 19.1 Å². The third kappa shape index (κ3) is 7.06. The van der Waals surface area contributed by atoms with Gasteiger partial charge in [0.25, 0.3) is 0 Å². The average Bonchev–Trinajstić information content (AvgIpc) is 2.64. The lowest BCUT2D eigenvalue weighted by molar-refractivity contribution is -0.154. The van der Waals surface area contributed by atoms with E-state index in [-0.39, 0.29) is 13.0 Å². The Morgan fingerprint density at radius 2 is 2.19 bits per heavy atom. The van der Waals surface area contributed by atoms with E-state index in [0.717, 1.165) is 12.8 Å². The van der Waals surface area contributed by atoms with Gasteiger partial charge in [0, 0.05) is 0 Å². The van der Waals surface area contributed by atoms with Crippen molar-refractivity contribution >= 4 is 18.3 Å². The number of alkyl halides is 3. The summed E-state index contributed by atoms with van der Waals surface area (Å²) in [6, 6.07) is 1.34. The monoisotopic (exact) mass is 388 g/mol. The Morgan fingerprint density at radius 3 is 2.74 bits per heavy atom. The van der Waals surface area contributed by atoms with Crippen LogP contribution in [0.3, 0.4) is 0 Å². The highest BCUT2D eigenvalue weighted by Crippen LogP contribution is 2.30. The zero-order valence-electron chi connectivity index (χ0n) is 14.5. The smallest absolute Gasteiger partial charge is 0.286 e. The van der Waals surface area contributed by atoms with E-state index < -0.39 is 35.2 Å². The SMILES string of the molecule is CCCCCC(CN(O)C=O)C(=O)NNc1ncc(C#N)c(C(F)(F)F)n1. The Labute approximate surface area is 153 Å². The average molecular weight is 388 g/mol. The molecule has 1 aromatic rings. The zero-order valence-corrected chi connectivity index (χ0v) is 14.5. The van der Waals surface area contributed by atoms with E-state index >= 15 is 0 Å². The predicted octanol–water partition coefficient (Wildman–Crippen LogP) is 1.85. The first-order chi connectivity index (χ1) is 12.7. The number of hydroxylamine groups is 2. The van der Waals surface area contributed by atoms with E-state index in [1.54, 1.807) is 0 Å². The molecule has 148 valence electrons. The van der Waals surface area contributed by atoms with Gasteiger partial charge in [-0.25, -0.2) is 15.0 Å². The molecule has 12 heteroatoms. The van der Waals surface area contributed by atoms with E-state index in [1.165, 1.54) is 6.07 Å². The Morgan fingerprint density at radius 1 is 1.48 bits per heavy atom. The molecule has 0 radical (unpaired) electrons. The first-order valence-electron chi connectivity index (χ1n) is 8.03. The second kappa shape index (κ2) is 10.3. The summed E-state index contributed by atoms with van der Waals surface area (Å²) < 4.78 is 38.6. The number of carbonyl (C=O) groups is 2. The number of hydrogen-bond acceptors (Lipinski definition) is 7. The molecule has 0 aliphatic carbocycles. The standard InChI is InChI=1S/C15H19F3N6O3/c1-2-3-4-5-10(8-24(27)9-25)13(26)22-23-14-20-7-11(6-19)12(21-14)15(16,17)18/h7,9-10,27H,2-5,8H2,1H3,(H,22,26)(H,20,21,23). The van der Waals surface area contributed by atoms with Crippen molar-refractivity contribution in [2.45, 2.75) is 38.8 Å². The number of rotatable bonds is 10. The highest BCUT2D eigenvalue weighted by molar-refractivity contribution is 5.80. The summed E-state index contributed by atoms with van der Waals surface area (Å²) in [4.78, 5) is 29.5. The first-order valence-corrected chi connectivity index (χ1v) is 8.03. The van der Waals surface area contributed by atoms with E-state index in [2.05, 4.69) is 20.8 Å². The summed E-state index contributed by atoms with van der Waals surface area (Å²) in [5, 5.41) is 18.3. The molecule has 0 saturated carbocycles. The molecule has 1 rings (SSSR count). The van der Waals surface area contributed by atoms with Crippen molar-refractivity contribution in [1.82, 2.24) is 20.5 Å². The summed E-state index contributed by atoms with van der Waals surface area (Å²) in [7, 11) is 0. The Bertz CT molecular complexity index is 692. The maximum absolute atomic E-state index is 12.9. The van der Waals surface area contributed by atoms with Crippen LogP contribution in [0.2, 0.25) is 0 Å². The van der Waals surface area contributed by atoms with Crippen LogP contribution in [0, 0.1) is 17.2 Å². The van der Waals surface area contributed by atoms with E-state index in [9.17, 15) is 28.0 Å². The van der Waals surface area contributed by atoms with E-state index in [0.29, 0.717) is 24.1 Å². The van der Waals surface area contributed by atoms with Gasteiger partial charge in [-0.1, -0.05) is 26.2 Å². The van der Waals surface area contributed by atoms with Crippen LogP contribution in [-0.2, 0) is 15.8 Å². The summed E-state index contributed by atoms with van der Waals surface area (Å²) in [5.74, 6) is -2.01. The van der Waals surface area contributed by atoms with E-state index in [4.69, 9.17) is 5.26 Å². The van der Waals surface area contributed by atoms with Gasteiger partial charge in [-0.2, -0.15) is 18.4 Å². The molecule has 2 amide bonds. The van der Waals surface area contributed by atoms with Crippen LogP contribution >= 0.6 is 0 Å². The Balaban J connectivity index is 2.82. The highest BCUT2D eigenvalue weighted by Gasteiger charge is 2.36. The number of nitriles is 1. The van der Waals surface area contributed by atoms with Gasteiger partial charge in [0.1, 0.15) is 11.6 Å². The minimum Gasteiger partial charge on any atom is -0.286 e. The molecule has 1 unspecified atom stereocenters. The summed E-state index contributed by atoms with van der Waals surface area (Å²) >= 11 is 0. The van der Waals surface area contributed by atoms with Gasteiger partial charge in [-0.3, -0.25) is 25.6 Å². The molecule has 1 atom stereocenters. The second-order valence-electron chi connectivity index (χ2n) is 5.60. The molecular weight excluding hydrogens is 369 g/mol. The van der Waals surface area contributed by atoms with Gasteiger partial charge >= 0.3 is 6.18 Å². The van der Waals surface area contributed by atoms with Crippen molar-refractivity contribution in [2.75, 3.05) is 12.0 Å². The number of hydrazine groups is 1. The van der Waals surface area contributed by atoms with Crippen molar-refractivity contribution < 1.29 is 28.0 Å². The predicted molar refractivity (Wildman–Crippen MR) is 85.7 cm³/mol. The van der Waals surface area contributed by atoms with Gasteiger partial charge < -0.3 is 0 Å². The normalized spacial score (nSPS) is 12.0. The minimum absolute atomic E-state index is 0.146. The van der Waals surface area contributed by atoms with Crippen molar-refractivity contribution in [3.8, 4) is 6.07 Å². The van der Waals surface area contributed by atoms with Gasteiger partial charge in [-0.05, 0) is 6.42 Å². The number of hydrogen-bond donors (Lipinski definition) is 3. The van der Waals surface area contributed by atoms with Gasteiger partial charge in [0.15, 0.2) is 5.69 Å². The fraction of sp³-hybridized carbons (Fsp3) is 0.533. The second-order valence-corrected chi connectivity index (χ2v) is 5.60. The maximum Gasteiger partial charge on any atom is 0.434 e. The third-order valence-electron chi connectivity index (χ3n) is 3.53. The minimum atomic E-state index is -4.86. The van der Waals surface area contributed by atoms with Gasteiger partial charge in [-0.15, -0.1) is 0 Å². The van der Waals surface area contributed by atoms with Crippen LogP contribution < -0.4 is 10.9 Å². The highest BCUT2D eigenvalue weighted by atomic mass is 19.4. The van der Waals surface area contributed by atoms with Crippen molar-refractivity contribution in [1.29, 1.82) is 5.26 Å². The Hall–Kier alpha value is -2.94. The molecule has 1 heterocycles. The number of aromatic nitrogens is 2. The molecule has 0 saturated heterocycles. The summed E-state index contributed by atoms with van der Waals surface area (Å²) in [5.41, 5.74) is 2.12. The van der Waals surface area contributed by atoms with Crippen molar-refractivity contribution in [3.05, 3.63) is 17.5 Å². The number of carbonyl (C=O) groups excluding carboxylic acids is 2. The van der Waals surface area contributed by atoms with Crippen LogP contribution in [-0.4, -0.2) is 39.1 Å². The molecule has 0 bridgehead atoms. The van der Waals surface area contributed by atoms with Crippen molar-refractivity contribution in [3.63, 3.8) is 0 Å². The largest absolute Gasteiger partial charge is 0.434 e. The first kappa shape index (κ1) is 22.1. The number of nitrogens with one attached hydrogen (secondary N) is 2. The quantitative estimate of drug-likeness (QED) is 0.241. The molecule has 9 nitrogen and oxygen atoms in total. The fourth-order valence-electron chi connectivity index (χ4n) is 2.17. The van der Waals surface area contributed by atoms with Crippen LogP contribution in [0.5, 0.6) is 0 Å². The van der Waals surface area contributed by atoms with Gasteiger partial charge in [0.2, 0.25) is 18.3 Å². The van der Waals surface area contributed by atoms with Crippen LogP contribution in [0.25, 0.3) is 0 Å². The lowest BCUT2D eigenvalue weighted by Gasteiger charge is -2.19. The number of amides is 2. The molecular formula is C15H19F3N6O3. The molecule has 0 aliphatic heterocycles. The van der Waals surface area contributed by atoms with Gasteiger partial charge in [0.05, 0.1) is 18.7 Å². The lowest BCUT2D eigenvalue weighted by Crippen LogP contribution is -2.40. The summed E-state index contributed by atoms with van der Waals surface area (Å²) in [6.45, 7) is 1.68. The molecule has 0 aromatic carbocycles. The van der Waals surface area contributed by atoms with Crippen LogP contribution in [0.15, 0.2) is 6.20 Å². The van der Waals surface area contributed by atoms with Crippen LogP contribution in [0.1, 0.15) is 43.9 Å². The lowest BCUT2D eigenvalue weighted by atomic mass is 10.0. The third-order valence-corrected chi connectivity index (χ3v) is 3.53. The summed E-state index contributed by atoms with van der Waals surface area (Å²) in [6.07, 6.45) is -1.29. The molecule has 0 aliphatic rings. The maximum atomic E-state index is 12.9. The molecule has 0 fully saturated rings. The number of halogens is 3. The number of unbranched alkanes of at least 4 members (excludes halogenated alkanes) is 2. The fourth-order valence-corrected chi connectivity index (χ4v) is 2.17. The van der Waals surface area contributed by atoms with Crippen molar-refractivity contribution in [2.24, 2.45) is 5.92 Å².